The zero-order chi connectivity index (χ0) is 22.5. The largest absolute Gasteiger partial charge is 0.790 e. The Bertz CT molecular complexity index is 439. The molecule has 0 heterocycles. The molecule has 0 saturated carbocycles. The van der Waals surface area contributed by atoms with Gasteiger partial charge in [0.05, 0.1) is 14.4 Å². The van der Waals surface area contributed by atoms with Crippen molar-refractivity contribution in [1.29, 1.82) is 0 Å². The van der Waals surface area contributed by atoms with Crippen LogP contribution in [0, 0.1) is 0 Å². The summed E-state index contributed by atoms with van der Waals surface area (Å²) in [4.78, 5) is 32.4. The lowest BCUT2D eigenvalue weighted by Gasteiger charge is -2.31. The molecular formula is C22H43O7P-2. The molecule has 0 amide bonds. The van der Waals surface area contributed by atoms with Crippen LogP contribution >= 0.6 is 7.82 Å². The Hall–Kier alpha value is -0.460. The summed E-state index contributed by atoms with van der Waals surface area (Å²) in [7, 11) is -5.06. The second kappa shape index (κ2) is 20.4. The summed E-state index contributed by atoms with van der Waals surface area (Å²) in [6, 6.07) is 0. The van der Waals surface area contributed by atoms with Crippen LogP contribution in [0.15, 0.2) is 0 Å². The Morgan fingerprint density at radius 2 is 1.20 bits per heavy atom. The van der Waals surface area contributed by atoms with Gasteiger partial charge in [-0.3, -0.25) is 4.79 Å². The molecule has 0 bridgehead atoms. The van der Waals surface area contributed by atoms with Crippen LogP contribution in [0.2, 0.25) is 0 Å². The molecule has 0 N–H and O–H groups in total. The average molecular weight is 451 g/mol. The van der Waals surface area contributed by atoms with Crippen molar-refractivity contribution in [3.8, 4) is 0 Å². The molecule has 0 radical (unpaired) electrons. The van der Waals surface area contributed by atoms with E-state index in [1.165, 1.54) is 84.0 Å². The van der Waals surface area contributed by atoms with Crippen LogP contribution in [0.25, 0.3) is 0 Å². The summed E-state index contributed by atoms with van der Waals surface area (Å²) < 4.78 is 24.4. The monoisotopic (exact) mass is 450 g/mol. The Morgan fingerprint density at radius 3 is 1.63 bits per heavy atom. The third-order valence-corrected chi connectivity index (χ3v) is 5.52. The summed E-state index contributed by atoms with van der Waals surface area (Å²) >= 11 is 0. The lowest BCUT2D eigenvalue weighted by molar-refractivity contribution is -0.352. The van der Waals surface area contributed by atoms with Gasteiger partial charge in [-0.05, 0) is 13.3 Å². The van der Waals surface area contributed by atoms with Crippen molar-refractivity contribution in [3.63, 3.8) is 0 Å². The topological polar surface area (TPSA) is 108 Å². The molecule has 1 unspecified atom stereocenters. The van der Waals surface area contributed by atoms with Gasteiger partial charge in [-0.15, -0.1) is 0 Å². The van der Waals surface area contributed by atoms with Crippen LogP contribution in [0.4, 0.5) is 0 Å². The van der Waals surface area contributed by atoms with E-state index in [-0.39, 0.29) is 19.2 Å². The fourth-order valence-electron chi connectivity index (χ4n) is 3.29. The first kappa shape index (κ1) is 29.5. The quantitative estimate of drug-likeness (QED) is 0.0988. The summed E-state index contributed by atoms with van der Waals surface area (Å²) in [5.74, 6) is -0.291. The molecule has 8 heteroatoms. The van der Waals surface area contributed by atoms with Gasteiger partial charge >= 0.3 is 5.97 Å². The first-order valence-electron chi connectivity index (χ1n) is 11.8. The van der Waals surface area contributed by atoms with Crippen LogP contribution in [0.5, 0.6) is 0 Å². The van der Waals surface area contributed by atoms with Gasteiger partial charge in [-0.25, -0.2) is 0 Å². The Morgan fingerprint density at radius 1 is 0.767 bits per heavy atom. The van der Waals surface area contributed by atoms with E-state index in [9.17, 15) is 19.1 Å². The van der Waals surface area contributed by atoms with Crippen molar-refractivity contribution in [3.05, 3.63) is 0 Å². The number of phosphoric acid groups is 1. The first-order chi connectivity index (χ1) is 14.3. The lowest BCUT2D eigenvalue weighted by atomic mass is 10.0. The van der Waals surface area contributed by atoms with Gasteiger partial charge in [-0.1, -0.05) is 96.8 Å². The number of ether oxygens (including phenoxy) is 2. The molecule has 0 spiro atoms. The van der Waals surface area contributed by atoms with Crippen molar-refractivity contribution in [2.75, 3.05) is 13.2 Å². The van der Waals surface area contributed by atoms with Gasteiger partial charge in [0.15, 0.2) is 6.29 Å². The van der Waals surface area contributed by atoms with Crippen molar-refractivity contribution in [2.24, 2.45) is 0 Å². The standard InChI is InChI=1S/C22H45O7P/c1-3-4-5-6-7-8-9-10-11-12-13-14-15-16-17-18-22(23)28-20-19-27-21(2)29-30(24,25)26/h21H,3-20H2,1-2H3,(H2,24,25,26)/p-2. The highest BCUT2D eigenvalue weighted by Gasteiger charge is 2.06. The van der Waals surface area contributed by atoms with Gasteiger partial charge in [-0.2, -0.15) is 0 Å². The highest BCUT2D eigenvalue weighted by molar-refractivity contribution is 7.43. The van der Waals surface area contributed by atoms with E-state index in [0.717, 1.165) is 19.3 Å². The van der Waals surface area contributed by atoms with Crippen molar-refractivity contribution >= 4 is 13.8 Å². The van der Waals surface area contributed by atoms with Crippen LogP contribution in [-0.4, -0.2) is 25.5 Å². The van der Waals surface area contributed by atoms with E-state index in [0.29, 0.717) is 6.42 Å². The van der Waals surface area contributed by atoms with Gasteiger partial charge in [0.2, 0.25) is 0 Å². The maximum absolute atomic E-state index is 11.6. The fourth-order valence-corrected chi connectivity index (χ4v) is 3.72. The average Bonchev–Trinajstić information content (AvgIpc) is 2.67. The molecule has 0 saturated heterocycles. The Labute approximate surface area is 183 Å². The summed E-state index contributed by atoms with van der Waals surface area (Å²) in [6.07, 6.45) is 18.4. The van der Waals surface area contributed by atoms with Gasteiger partial charge in [0.25, 0.3) is 0 Å². The normalized spacial score (nSPS) is 12.8. The molecule has 0 aromatic carbocycles. The molecule has 0 aliphatic heterocycles. The van der Waals surface area contributed by atoms with Crippen LogP contribution in [0.3, 0.4) is 0 Å². The SMILES string of the molecule is CCCCCCCCCCCCCCCCCC(=O)OCCOC(C)OP(=O)([O-])[O-]. The summed E-state index contributed by atoms with van der Waals surface area (Å²) in [6.45, 7) is 3.53. The smallest absolute Gasteiger partial charge is 0.305 e. The molecule has 0 aliphatic carbocycles. The maximum Gasteiger partial charge on any atom is 0.305 e. The van der Waals surface area contributed by atoms with E-state index < -0.39 is 14.1 Å². The van der Waals surface area contributed by atoms with Crippen LogP contribution in [-0.2, 0) is 23.4 Å². The Kier molecular flexibility index (Phi) is 20.1. The minimum Gasteiger partial charge on any atom is -0.790 e. The zero-order valence-electron chi connectivity index (χ0n) is 19.1. The molecule has 1 atom stereocenters. The van der Waals surface area contributed by atoms with E-state index in [2.05, 4.69) is 11.4 Å². The maximum atomic E-state index is 11.6. The van der Waals surface area contributed by atoms with Crippen molar-refractivity contribution < 1.29 is 33.1 Å². The highest BCUT2D eigenvalue weighted by atomic mass is 31.2. The minimum absolute atomic E-state index is 0.00723. The molecule has 0 aromatic rings. The first-order valence-corrected chi connectivity index (χ1v) is 13.3. The predicted octanol–water partition coefficient (Wildman–Crippen LogP) is 5.00. The highest BCUT2D eigenvalue weighted by Crippen LogP contribution is 2.27. The predicted molar refractivity (Wildman–Crippen MR) is 115 cm³/mol. The van der Waals surface area contributed by atoms with E-state index in [4.69, 9.17) is 9.47 Å². The zero-order valence-corrected chi connectivity index (χ0v) is 20.0. The number of rotatable bonds is 22. The summed E-state index contributed by atoms with van der Waals surface area (Å²) in [5.41, 5.74) is 0. The molecular weight excluding hydrogens is 407 g/mol. The number of carbonyl (C=O) groups is 1. The number of hydrogen-bond acceptors (Lipinski definition) is 7. The number of carbonyl (C=O) groups excluding carboxylic acids is 1. The molecule has 180 valence electrons. The third-order valence-electron chi connectivity index (χ3n) is 4.96. The van der Waals surface area contributed by atoms with E-state index >= 15 is 0 Å². The molecule has 30 heavy (non-hydrogen) atoms. The van der Waals surface area contributed by atoms with Gasteiger partial charge in [0.1, 0.15) is 6.61 Å². The molecule has 7 nitrogen and oxygen atoms in total. The van der Waals surface area contributed by atoms with Crippen molar-refractivity contribution in [1.82, 2.24) is 0 Å². The lowest BCUT2D eigenvalue weighted by Crippen LogP contribution is -2.24. The fraction of sp³-hybridized carbons (Fsp3) is 0.955. The van der Waals surface area contributed by atoms with Crippen LogP contribution in [0.1, 0.15) is 117 Å². The second-order valence-corrected chi connectivity index (χ2v) is 9.02. The number of phosphoric ester groups is 1. The molecule has 0 rings (SSSR count). The second-order valence-electron chi connectivity index (χ2n) is 7.91. The minimum atomic E-state index is -5.06. The number of esters is 1. The third kappa shape index (κ3) is 23.8. The van der Waals surface area contributed by atoms with Crippen LogP contribution < -0.4 is 9.79 Å². The van der Waals surface area contributed by atoms with Gasteiger partial charge in [0, 0.05) is 6.42 Å². The Balaban J connectivity index is 3.27. The van der Waals surface area contributed by atoms with E-state index in [1.807, 2.05) is 0 Å². The number of hydrogen-bond donors (Lipinski definition) is 0. The van der Waals surface area contributed by atoms with E-state index in [1.54, 1.807) is 0 Å². The van der Waals surface area contributed by atoms with Gasteiger partial charge < -0.3 is 28.3 Å². The molecule has 0 fully saturated rings. The summed E-state index contributed by atoms with van der Waals surface area (Å²) in [5, 5.41) is 0. The van der Waals surface area contributed by atoms with Crippen molar-refractivity contribution in [2.45, 2.75) is 123 Å². The molecule has 0 aliphatic rings. The molecule has 0 aromatic heterocycles. The number of unbranched alkanes of at least 4 members (excludes halogenated alkanes) is 14.